The minimum atomic E-state index is -4.63. The first-order valence-corrected chi connectivity index (χ1v) is 12.5. The van der Waals surface area contributed by atoms with Gasteiger partial charge in [-0.15, -0.1) is 0 Å². The van der Waals surface area contributed by atoms with E-state index in [1.165, 1.54) is 19.2 Å². The van der Waals surface area contributed by atoms with Gasteiger partial charge in [0.1, 0.15) is 11.4 Å². The average Bonchev–Trinajstić information content (AvgIpc) is 3.24. The molecule has 9 nitrogen and oxygen atoms in total. The number of aromatic nitrogens is 3. The number of carbonyl (C=O) groups is 2. The Morgan fingerprint density at radius 1 is 1.21 bits per heavy atom. The van der Waals surface area contributed by atoms with E-state index in [1.807, 2.05) is 0 Å². The molecule has 38 heavy (non-hydrogen) atoms. The summed E-state index contributed by atoms with van der Waals surface area (Å²) in [5, 5.41) is 11.7. The summed E-state index contributed by atoms with van der Waals surface area (Å²) in [6, 6.07) is 3.76. The maximum Gasteiger partial charge on any atom is 0.419 e. The minimum absolute atomic E-state index is 0.102. The fraction of sp³-hybridized carbons (Fsp3) is 0.400. The van der Waals surface area contributed by atoms with E-state index in [4.69, 9.17) is 9.84 Å². The van der Waals surface area contributed by atoms with Gasteiger partial charge in [-0.05, 0) is 43.0 Å². The number of anilines is 1. The van der Waals surface area contributed by atoms with Crippen LogP contribution >= 0.6 is 11.3 Å². The first-order chi connectivity index (χ1) is 17.9. The number of hydrogen-bond donors (Lipinski definition) is 2. The molecular weight excluding hydrogens is 523 g/mol. The number of carboxylic acids is 1. The van der Waals surface area contributed by atoms with Crippen molar-refractivity contribution in [1.29, 1.82) is 0 Å². The van der Waals surface area contributed by atoms with Gasteiger partial charge in [0, 0.05) is 23.5 Å². The van der Waals surface area contributed by atoms with Crippen LogP contribution in [0.15, 0.2) is 30.6 Å². The zero-order valence-electron chi connectivity index (χ0n) is 20.9. The van der Waals surface area contributed by atoms with Crippen molar-refractivity contribution in [3.05, 3.63) is 52.4 Å². The number of nitrogens with one attached hydrogen (secondary N) is 1. The maximum absolute atomic E-state index is 13.7. The molecule has 0 radical (unpaired) electrons. The highest BCUT2D eigenvalue weighted by Gasteiger charge is 2.35. The normalized spacial score (nSPS) is 15.7. The summed E-state index contributed by atoms with van der Waals surface area (Å²) in [6.07, 6.45) is -0.564. The molecule has 0 saturated carbocycles. The van der Waals surface area contributed by atoms with E-state index in [0.717, 1.165) is 55.7 Å². The second-order valence-electron chi connectivity index (χ2n) is 9.73. The standard InChI is InChI=1S/C25H26F3N5O4S/c1-24(2)7-4-8-33(13-24)12-19-20(14-5-6-18(37-3)15(9-14)25(26,27)28)31-23(38-19)32-21(34)16-10-30-17(11-29-16)22(35)36/h5-6,9-11H,4,7-8,12-13H2,1-3H3,(H,35,36)(H,31,32,34). The Balaban J connectivity index is 1.69. The number of methoxy groups -OCH3 is 1. The predicted octanol–water partition coefficient (Wildman–Crippen LogP) is 5.20. The van der Waals surface area contributed by atoms with Gasteiger partial charge < -0.3 is 9.84 Å². The molecule has 0 unspecified atom stereocenters. The molecule has 4 rings (SSSR count). The lowest BCUT2D eigenvalue weighted by atomic mass is 9.84. The fourth-order valence-corrected chi connectivity index (χ4v) is 5.44. The summed E-state index contributed by atoms with van der Waals surface area (Å²) < 4.78 is 46.1. The Kier molecular flexibility index (Phi) is 7.70. The number of aromatic carboxylic acids is 1. The van der Waals surface area contributed by atoms with Crippen molar-refractivity contribution in [2.75, 3.05) is 25.5 Å². The van der Waals surface area contributed by atoms with Crippen LogP contribution in [0.25, 0.3) is 11.3 Å². The quantitative estimate of drug-likeness (QED) is 0.413. The number of carboxylic acid groups (broad SMARTS) is 1. The van der Waals surface area contributed by atoms with E-state index in [9.17, 15) is 22.8 Å². The molecule has 1 amide bonds. The number of halogens is 3. The molecule has 13 heteroatoms. The Morgan fingerprint density at radius 2 is 1.92 bits per heavy atom. The van der Waals surface area contributed by atoms with Gasteiger partial charge in [-0.25, -0.2) is 19.7 Å². The zero-order chi connectivity index (χ0) is 27.7. The van der Waals surface area contributed by atoms with Crippen molar-refractivity contribution in [3.63, 3.8) is 0 Å². The predicted molar refractivity (Wildman–Crippen MR) is 134 cm³/mol. The molecule has 3 heterocycles. The molecule has 1 aromatic carbocycles. The van der Waals surface area contributed by atoms with Crippen LogP contribution in [0.5, 0.6) is 5.75 Å². The SMILES string of the molecule is COc1ccc(-c2nc(NC(=O)c3cnc(C(=O)O)cn3)sc2CN2CCCC(C)(C)C2)cc1C(F)(F)F. The van der Waals surface area contributed by atoms with Crippen LogP contribution in [0.1, 0.15) is 58.1 Å². The summed E-state index contributed by atoms with van der Waals surface area (Å²) in [4.78, 5) is 38.6. The van der Waals surface area contributed by atoms with Gasteiger partial charge in [0.25, 0.3) is 5.91 Å². The third-order valence-electron chi connectivity index (χ3n) is 6.15. The van der Waals surface area contributed by atoms with Crippen molar-refractivity contribution in [2.24, 2.45) is 5.41 Å². The van der Waals surface area contributed by atoms with Crippen LogP contribution in [0.2, 0.25) is 0 Å². The highest BCUT2D eigenvalue weighted by molar-refractivity contribution is 7.16. The van der Waals surface area contributed by atoms with Gasteiger partial charge in [-0.2, -0.15) is 13.2 Å². The molecule has 2 N–H and O–H groups in total. The highest BCUT2D eigenvalue weighted by Crippen LogP contribution is 2.41. The van der Waals surface area contributed by atoms with Crippen LogP contribution in [-0.2, 0) is 12.7 Å². The van der Waals surface area contributed by atoms with Crippen molar-refractivity contribution >= 4 is 28.3 Å². The number of amides is 1. The van der Waals surface area contributed by atoms with Gasteiger partial charge in [-0.1, -0.05) is 25.2 Å². The van der Waals surface area contributed by atoms with Crippen LogP contribution in [-0.4, -0.2) is 57.0 Å². The van der Waals surface area contributed by atoms with Gasteiger partial charge >= 0.3 is 12.1 Å². The molecule has 1 aliphatic heterocycles. The molecule has 0 aliphatic carbocycles. The number of benzene rings is 1. The number of likely N-dealkylation sites (tertiary alicyclic amines) is 1. The molecule has 1 saturated heterocycles. The summed E-state index contributed by atoms with van der Waals surface area (Å²) in [7, 11) is 1.18. The summed E-state index contributed by atoms with van der Waals surface area (Å²) in [6.45, 7) is 6.45. The van der Waals surface area contributed by atoms with E-state index in [-0.39, 0.29) is 33.2 Å². The minimum Gasteiger partial charge on any atom is -0.496 e. The summed E-state index contributed by atoms with van der Waals surface area (Å²) in [5.41, 5.74) is -0.694. The van der Waals surface area contributed by atoms with Crippen LogP contribution in [0.3, 0.4) is 0 Å². The molecule has 0 spiro atoms. The van der Waals surface area contributed by atoms with E-state index in [0.29, 0.717) is 17.1 Å². The summed E-state index contributed by atoms with van der Waals surface area (Å²) >= 11 is 1.16. The largest absolute Gasteiger partial charge is 0.496 e. The van der Waals surface area contributed by atoms with E-state index in [1.54, 1.807) is 0 Å². The number of thiazole rings is 1. The number of ether oxygens (including phenoxy) is 1. The lowest BCUT2D eigenvalue weighted by Gasteiger charge is -2.37. The van der Waals surface area contributed by atoms with E-state index >= 15 is 0 Å². The van der Waals surface area contributed by atoms with Crippen LogP contribution in [0.4, 0.5) is 18.3 Å². The lowest BCUT2D eigenvalue weighted by Crippen LogP contribution is -2.39. The maximum atomic E-state index is 13.7. The Morgan fingerprint density at radius 3 is 2.53 bits per heavy atom. The third-order valence-corrected chi connectivity index (χ3v) is 7.10. The van der Waals surface area contributed by atoms with Crippen LogP contribution < -0.4 is 10.1 Å². The smallest absolute Gasteiger partial charge is 0.419 e. The van der Waals surface area contributed by atoms with Crippen molar-refractivity contribution in [2.45, 2.75) is 39.4 Å². The van der Waals surface area contributed by atoms with E-state index < -0.39 is 23.6 Å². The average molecular weight is 550 g/mol. The number of rotatable bonds is 7. The second kappa shape index (κ2) is 10.7. The monoisotopic (exact) mass is 549 g/mol. The van der Waals surface area contributed by atoms with Gasteiger partial charge in [-0.3, -0.25) is 15.0 Å². The fourth-order valence-electron chi connectivity index (χ4n) is 4.41. The topological polar surface area (TPSA) is 118 Å². The highest BCUT2D eigenvalue weighted by atomic mass is 32.1. The molecule has 202 valence electrons. The number of nitrogens with zero attached hydrogens (tertiary/aromatic N) is 4. The molecule has 1 fully saturated rings. The Bertz CT molecular complexity index is 1340. The Labute approximate surface area is 220 Å². The van der Waals surface area contributed by atoms with Crippen molar-refractivity contribution in [1.82, 2.24) is 19.9 Å². The van der Waals surface area contributed by atoms with E-state index in [2.05, 4.69) is 39.0 Å². The van der Waals surface area contributed by atoms with Gasteiger partial charge in [0.15, 0.2) is 10.8 Å². The first-order valence-electron chi connectivity index (χ1n) is 11.7. The number of carbonyl (C=O) groups excluding carboxylic acids is 1. The van der Waals surface area contributed by atoms with Crippen LogP contribution in [0, 0.1) is 5.41 Å². The zero-order valence-corrected chi connectivity index (χ0v) is 21.7. The second-order valence-corrected chi connectivity index (χ2v) is 10.8. The third kappa shape index (κ3) is 6.27. The number of piperidine rings is 1. The molecule has 1 aliphatic rings. The van der Waals surface area contributed by atoms with Crippen molar-refractivity contribution in [3.8, 4) is 17.0 Å². The summed E-state index contributed by atoms with van der Waals surface area (Å²) in [5.74, 6) is -2.25. The van der Waals surface area contributed by atoms with Gasteiger partial charge in [0.2, 0.25) is 0 Å². The van der Waals surface area contributed by atoms with Crippen molar-refractivity contribution < 1.29 is 32.6 Å². The number of alkyl halides is 3. The van der Waals surface area contributed by atoms with Gasteiger partial charge in [0.05, 0.1) is 30.8 Å². The molecular formula is C25H26F3N5O4S. The molecule has 3 aromatic rings. The molecule has 0 atom stereocenters. The Hall–Kier alpha value is -3.58. The molecule has 0 bridgehead atoms. The lowest BCUT2D eigenvalue weighted by molar-refractivity contribution is -0.138. The number of hydrogen-bond acceptors (Lipinski definition) is 8. The molecule has 2 aromatic heterocycles. The first kappa shape index (κ1) is 27.5.